The van der Waals surface area contributed by atoms with E-state index in [1.807, 2.05) is 13.8 Å². The molecule has 2 aromatic carbocycles. The molecule has 0 aromatic heterocycles. The predicted octanol–water partition coefficient (Wildman–Crippen LogP) is 1.37. The van der Waals surface area contributed by atoms with Crippen LogP contribution in [0.4, 0.5) is 0 Å². The van der Waals surface area contributed by atoms with Crippen molar-refractivity contribution in [3.63, 3.8) is 0 Å². The summed E-state index contributed by atoms with van der Waals surface area (Å²) >= 11 is 0. The van der Waals surface area contributed by atoms with Crippen LogP contribution in [0.5, 0.6) is 0 Å². The lowest BCUT2D eigenvalue weighted by Gasteiger charge is -2.39. The maximum Gasteiger partial charge on any atom is 0.243 e. The molecule has 0 saturated carbocycles. The highest BCUT2D eigenvalue weighted by atomic mass is 32.2. The molecule has 1 aliphatic rings. The topological polar surface area (TPSA) is 127 Å². The molecule has 1 heterocycles. The zero-order chi connectivity index (χ0) is 25.8. The maximum atomic E-state index is 13.4. The van der Waals surface area contributed by atoms with Crippen molar-refractivity contribution in [2.45, 2.75) is 50.3 Å². The van der Waals surface area contributed by atoms with Crippen LogP contribution in [-0.2, 0) is 26.0 Å². The number of sulfonamides is 1. The van der Waals surface area contributed by atoms with E-state index < -0.39 is 28.3 Å². The SMILES string of the molecule is CC(=O)N1CCN(S(=O)(=O)c2ccc(C(C)C)cc2)[C@@H](C(=O)NCCc2ccc(C(O)O)cc2)C1. The average molecular weight is 504 g/mol. The fourth-order valence-electron chi connectivity index (χ4n) is 4.02. The van der Waals surface area contributed by atoms with Crippen molar-refractivity contribution in [1.29, 1.82) is 0 Å². The quantitative estimate of drug-likeness (QED) is 0.467. The van der Waals surface area contributed by atoms with Crippen LogP contribution in [0.15, 0.2) is 53.4 Å². The summed E-state index contributed by atoms with van der Waals surface area (Å²) in [5.74, 6) is -0.428. The lowest BCUT2D eigenvalue weighted by Crippen LogP contribution is -2.61. The molecule has 0 aliphatic carbocycles. The van der Waals surface area contributed by atoms with Crippen LogP contribution in [0.1, 0.15) is 49.7 Å². The summed E-state index contributed by atoms with van der Waals surface area (Å²) in [6.45, 7) is 5.92. The number of piperazine rings is 1. The monoisotopic (exact) mass is 503 g/mol. The lowest BCUT2D eigenvalue weighted by atomic mass is 10.0. The van der Waals surface area contributed by atoms with Crippen molar-refractivity contribution in [2.24, 2.45) is 0 Å². The van der Waals surface area contributed by atoms with E-state index in [0.29, 0.717) is 12.0 Å². The van der Waals surface area contributed by atoms with Gasteiger partial charge in [0.2, 0.25) is 21.8 Å². The van der Waals surface area contributed by atoms with Crippen molar-refractivity contribution in [3.05, 3.63) is 65.2 Å². The van der Waals surface area contributed by atoms with E-state index in [4.69, 9.17) is 0 Å². The molecule has 35 heavy (non-hydrogen) atoms. The normalized spacial score (nSPS) is 17.1. The number of amides is 2. The molecule has 10 heteroatoms. The molecule has 190 valence electrons. The van der Waals surface area contributed by atoms with Crippen LogP contribution in [0, 0.1) is 0 Å². The number of hydrogen-bond donors (Lipinski definition) is 3. The first-order chi connectivity index (χ1) is 16.5. The van der Waals surface area contributed by atoms with Crippen molar-refractivity contribution in [2.75, 3.05) is 26.2 Å². The molecule has 2 amide bonds. The van der Waals surface area contributed by atoms with Gasteiger partial charge in [-0.05, 0) is 35.6 Å². The molecule has 1 fully saturated rings. The van der Waals surface area contributed by atoms with Gasteiger partial charge < -0.3 is 20.4 Å². The molecule has 1 saturated heterocycles. The number of aliphatic hydroxyl groups excluding tert-OH is 1. The molecule has 3 rings (SSSR count). The molecule has 9 nitrogen and oxygen atoms in total. The Balaban J connectivity index is 1.74. The highest BCUT2D eigenvalue weighted by Crippen LogP contribution is 2.24. The van der Waals surface area contributed by atoms with Gasteiger partial charge >= 0.3 is 0 Å². The highest BCUT2D eigenvalue weighted by Gasteiger charge is 2.40. The largest absolute Gasteiger partial charge is 0.364 e. The fraction of sp³-hybridized carbons (Fsp3) is 0.440. The van der Waals surface area contributed by atoms with E-state index in [9.17, 15) is 28.2 Å². The molecule has 0 bridgehead atoms. The Morgan fingerprint density at radius 1 is 1.00 bits per heavy atom. The Morgan fingerprint density at radius 2 is 1.60 bits per heavy atom. The minimum absolute atomic E-state index is 0.0203. The van der Waals surface area contributed by atoms with Gasteiger partial charge in [0.05, 0.1) is 4.90 Å². The number of nitrogens with zero attached hydrogens (tertiary/aromatic N) is 2. The minimum Gasteiger partial charge on any atom is -0.364 e. The number of aliphatic hydroxyl groups is 2. The average Bonchev–Trinajstić information content (AvgIpc) is 2.83. The van der Waals surface area contributed by atoms with E-state index in [1.54, 1.807) is 48.5 Å². The van der Waals surface area contributed by atoms with Crippen LogP contribution in [-0.4, -0.2) is 71.9 Å². The van der Waals surface area contributed by atoms with Crippen molar-refractivity contribution < 1.29 is 28.2 Å². The summed E-state index contributed by atoms with van der Waals surface area (Å²) in [5, 5.41) is 21.2. The second-order valence-corrected chi connectivity index (χ2v) is 10.9. The number of carbonyl (C=O) groups is 2. The predicted molar refractivity (Wildman–Crippen MR) is 131 cm³/mol. The number of carbonyl (C=O) groups excluding carboxylic acids is 2. The first-order valence-electron chi connectivity index (χ1n) is 11.6. The molecule has 1 atom stereocenters. The first kappa shape index (κ1) is 26.8. The summed E-state index contributed by atoms with van der Waals surface area (Å²) in [5.41, 5.74) is 2.26. The zero-order valence-corrected chi connectivity index (χ0v) is 21.0. The van der Waals surface area contributed by atoms with E-state index in [1.165, 1.54) is 16.1 Å². The Bertz CT molecular complexity index is 1130. The molecule has 0 unspecified atom stereocenters. The van der Waals surface area contributed by atoms with Crippen LogP contribution >= 0.6 is 0 Å². The van der Waals surface area contributed by atoms with Gasteiger partial charge in [-0.25, -0.2) is 8.42 Å². The van der Waals surface area contributed by atoms with Crippen molar-refractivity contribution in [1.82, 2.24) is 14.5 Å². The third kappa shape index (κ3) is 6.46. The summed E-state index contributed by atoms with van der Waals surface area (Å²) in [6, 6.07) is 12.3. The Kier molecular flexibility index (Phi) is 8.65. The van der Waals surface area contributed by atoms with Gasteiger partial charge in [0, 0.05) is 38.7 Å². The van der Waals surface area contributed by atoms with Gasteiger partial charge in [-0.2, -0.15) is 4.31 Å². The van der Waals surface area contributed by atoms with Gasteiger partial charge in [0.25, 0.3) is 0 Å². The number of benzene rings is 2. The third-order valence-corrected chi connectivity index (χ3v) is 8.15. The summed E-state index contributed by atoms with van der Waals surface area (Å²) in [7, 11) is -3.95. The van der Waals surface area contributed by atoms with E-state index >= 15 is 0 Å². The van der Waals surface area contributed by atoms with E-state index in [0.717, 1.165) is 11.1 Å². The fourth-order valence-corrected chi connectivity index (χ4v) is 5.59. The van der Waals surface area contributed by atoms with Crippen LogP contribution < -0.4 is 5.32 Å². The van der Waals surface area contributed by atoms with E-state index in [2.05, 4.69) is 5.32 Å². The van der Waals surface area contributed by atoms with E-state index in [-0.39, 0.29) is 42.9 Å². The maximum absolute atomic E-state index is 13.4. The second-order valence-electron chi connectivity index (χ2n) is 8.98. The molecular formula is C25H33N3O6S. The van der Waals surface area contributed by atoms with Gasteiger partial charge in [-0.1, -0.05) is 50.2 Å². The molecule has 0 spiro atoms. The molecule has 0 radical (unpaired) electrons. The van der Waals surface area contributed by atoms with Crippen molar-refractivity contribution in [3.8, 4) is 0 Å². The highest BCUT2D eigenvalue weighted by molar-refractivity contribution is 7.89. The number of nitrogens with one attached hydrogen (secondary N) is 1. The molecule has 2 aromatic rings. The van der Waals surface area contributed by atoms with Gasteiger partial charge in [0.1, 0.15) is 6.04 Å². The van der Waals surface area contributed by atoms with Crippen LogP contribution in [0.2, 0.25) is 0 Å². The van der Waals surface area contributed by atoms with Gasteiger partial charge in [-0.15, -0.1) is 0 Å². The molecule has 1 aliphatic heterocycles. The Hall–Kier alpha value is -2.79. The smallest absolute Gasteiger partial charge is 0.243 e. The summed E-state index contributed by atoms with van der Waals surface area (Å²) in [4.78, 5) is 26.7. The lowest BCUT2D eigenvalue weighted by molar-refractivity contribution is -0.134. The molecule has 3 N–H and O–H groups in total. The zero-order valence-electron chi connectivity index (χ0n) is 20.2. The van der Waals surface area contributed by atoms with Crippen molar-refractivity contribution >= 4 is 21.8 Å². The third-order valence-electron chi connectivity index (χ3n) is 6.22. The molecular weight excluding hydrogens is 470 g/mol. The van der Waals surface area contributed by atoms with Crippen LogP contribution in [0.3, 0.4) is 0 Å². The van der Waals surface area contributed by atoms with Gasteiger partial charge in [-0.3, -0.25) is 9.59 Å². The Labute approximate surface area is 206 Å². The first-order valence-corrected chi connectivity index (χ1v) is 13.0. The number of rotatable bonds is 8. The van der Waals surface area contributed by atoms with Crippen LogP contribution in [0.25, 0.3) is 0 Å². The second kappa shape index (κ2) is 11.3. The standard InChI is InChI=1S/C25H33N3O6S/c1-17(2)20-8-10-22(11-9-20)35(33,34)28-15-14-27(18(3)29)16-23(28)24(30)26-13-12-19-4-6-21(7-5-19)25(31)32/h4-11,17,23,25,31-32H,12-16H2,1-3H3,(H,26,30)/t23-/m1/s1. The summed E-state index contributed by atoms with van der Waals surface area (Å²) in [6.07, 6.45) is -1.08. The van der Waals surface area contributed by atoms with Gasteiger partial charge in [0.15, 0.2) is 6.29 Å². The Morgan fingerprint density at radius 3 is 2.14 bits per heavy atom. The minimum atomic E-state index is -3.95. The summed E-state index contributed by atoms with van der Waals surface area (Å²) < 4.78 is 28.1. The number of hydrogen-bond acceptors (Lipinski definition) is 6.